The first-order valence-corrected chi connectivity index (χ1v) is 12.7. The summed E-state index contributed by atoms with van der Waals surface area (Å²) in [5, 5.41) is 0. The zero-order valence-electron chi connectivity index (χ0n) is 18.9. The first-order chi connectivity index (χ1) is 16.5. The van der Waals surface area contributed by atoms with Gasteiger partial charge >= 0.3 is 0 Å². The monoisotopic (exact) mass is 471 g/mol. The fourth-order valence-corrected chi connectivity index (χ4v) is 4.91. The third-order valence-corrected chi connectivity index (χ3v) is 7.14. The molecule has 0 aliphatic carbocycles. The molecule has 3 aromatic carbocycles. The number of hydrogen-bond donors (Lipinski definition) is 0. The second kappa shape index (κ2) is 9.37. The molecule has 0 saturated carbocycles. The molecule has 34 heavy (non-hydrogen) atoms. The highest BCUT2D eigenvalue weighted by Gasteiger charge is 2.14. The van der Waals surface area contributed by atoms with Crippen LogP contribution in [0.3, 0.4) is 0 Å². The standard InChI is InChI=1S/C27H25N3O3S/c1-20-12-14-23(15-13-20)34(31,32)33-18-5-4-7-21-8-6-9-22(19-21)24-16-17-30-26-11-3-2-10-25(26)29-27(30)28-24/h2-3,6,8-17,19H,4-5,7,18H2,1H3. The third-order valence-electron chi connectivity index (χ3n) is 5.81. The zero-order chi connectivity index (χ0) is 23.5. The molecule has 2 heterocycles. The van der Waals surface area contributed by atoms with Crippen molar-refractivity contribution in [2.24, 2.45) is 0 Å². The zero-order valence-corrected chi connectivity index (χ0v) is 19.7. The summed E-state index contributed by atoms with van der Waals surface area (Å²) in [6.45, 7) is 2.08. The van der Waals surface area contributed by atoms with Crippen LogP contribution in [0.5, 0.6) is 0 Å². The summed E-state index contributed by atoms with van der Waals surface area (Å²) in [5.41, 5.74) is 6.05. The van der Waals surface area contributed by atoms with E-state index in [4.69, 9.17) is 9.17 Å². The highest BCUT2D eigenvalue weighted by molar-refractivity contribution is 7.86. The number of unbranched alkanes of at least 4 members (excludes halogenated alkanes) is 1. The van der Waals surface area contributed by atoms with E-state index in [-0.39, 0.29) is 11.5 Å². The Balaban J connectivity index is 1.21. The van der Waals surface area contributed by atoms with Crippen LogP contribution in [0.15, 0.2) is 90.0 Å². The molecular weight excluding hydrogens is 446 g/mol. The molecule has 0 aliphatic rings. The fraction of sp³-hybridized carbons (Fsp3) is 0.185. The predicted molar refractivity (Wildman–Crippen MR) is 133 cm³/mol. The normalized spacial score (nSPS) is 11.9. The molecule has 6 nitrogen and oxygen atoms in total. The van der Waals surface area contributed by atoms with Gasteiger partial charge in [-0.25, -0.2) is 9.97 Å². The van der Waals surface area contributed by atoms with E-state index in [1.165, 1.54) is 5.56 Å². The number of aryl methyl sites for hydroxylation is 2. The second-order valence-electron chi connectivity index (χ2n) is 8.33. The minimum absolute atomic E-state index is 0.168. The van der Waals surface area contributed by atoms with Crippen LogP contribution in [0, 0.1) is 6.92 Å². The molecule has 0 fully saturated rings. The highest BCUT2D eigenvalue weighted by atomic mass is 32.2. The van der Waals surface area contributed by atoms with Gasteiger partial charge in [0.25, 0.3) is 10.1 Å². The Morgan fingerprint density at radius 2 is 1.71 bits per heavy atom. The van der Waals surface area contributed by atoms with Crippen LogP contribution in [0.1, 0.15) is 24.0 Å². The molecule has 7 heteroatoms. The number of imidazole rings is 1. The second-order valence-corrected chi connectivity index (χ2v) is 9.95. The lowest BCUT2D eigenvalue weighted by Crippen LogP contribution is -2.07. The lowest BCUT2D eigenvalue weighted by Gasteiger charge is -2.07. The molecule has 0 unspecified atom stereocenters. The molecule has 172 valence electrons. The van der Waals surface area contributed by atoms with Gasteiger partial charge in [-0.15, -0.1) is 0 Å². The molecule has 2 aromatic heterocycles. The highest BCUT2D eigenvalue weighted by Crippen LogP contribution is 2.22. The number of benzene rings is 3. The molecule has 0 atom stereocenters. The van der Waals surface area contributed by atoms with Gasteiger partial charge < -0.3 is 0 Å². The molecule has 0 spiro atoms. The number of nitrogens with zero attached hydrogens (tertiary/aromatic N) is 3. The van der Waals surface area contributed by atoms with E-state index >= 15 is 0 Å². The summed E-state index contributed by atoms with van der Waals surface area (Å²) in [6, 6.07) is 25.0. The van der Waals surface area contributed by atoms with E-state index in [2.05, 4.69) is 17.1 Å². The van der Waals surface area contributed by atoms with E-state index in [1.54, 1.807) is 24.3 Å². The largest absolute Gasteiger partial charge is 0.296 e. The Morgan fingerprint density at radius 1 is 0.882 bits per heavy atom. The minimum Gasteiger partial charge on any atom is -0.284 e. The fourth-order valence-electron chi connectivity index (χ4n) is 3.97. The molecular formula is C27H25N3O3S. The van der Waals surface area contributed by atoms with Crippen molar-refractivity contribution in [1.82, 2.24) is 14.4 Å². The van der Waals surface area contributed by atoms with Gasteiger partial charge in [0.1, 0.15) is 0 Å². The average Bonchev–Trinajstić information content (AvgIpc) is 3.22. The Hall–Kier alpha value is -3.55. The molecule has 0 radical (unpaired) electrons. The van der Waals surface area contributed by atoms with Gasteiger partial charge in [0.15, 0.2) is 0 Å². The van der Waals surface area contributed by atoms with E-state index < -0.39 is 10.1 Å². The van der Waals surface area contributed by atoms with Gasteiger partial charge in [0, 0.05) is 11.8 Å². The third kappa shape index (κ3) is 4.71. The first-order valence-electron chi connectivity index (χ1n) is 11.3. The van der Waals surface area contributed by atoms with E-state index in [0.717, 1.165) is 40.7 Å². The summed E-state index contributed by atoms with van der Waals surface area (Å²) >= 11 is 0. The van der Waals surface area contributed by atoms with Gasteiger partial charge in [-0.2, -0.15) is 8.42 Å². The van der Waals surface area contributed by atoms with Gasteiger partial charge in [-0.1, -0.05) is 48.0 Å². The number of rotatable bonds is 8. The summed E-state index contributed by atoms with van der Waals surface area (Å²) in [7, 11) is -3.71. The number of hydrogen-bond acceptors (Lipinski definition) is 5. The van der Waals surface area contributed by atoms with Crippen molar-refractivity contribution in [3.63, 3.8) is 0 Å². The molecule has 5 rings (SSSR count). The molecule has 0 aliphatic heterocycles. The Bertz CT molecular complexity index is 1560. The predicted octanol–water partition coefficient (Wildman–Crippen LogP) is 5.59. The Kier molecular flexibility index (Phi) is 6.13. The number of aromatic nitrogens is 3. The molecule has 0 amide bonds. The van der Waals surface area contributed by atoms with Gasteiger partial charge in [0.05, 0.1) is 28.2 Å². The Labute approximate surface area is 199 Å². The summed E-state index contributed by atoms with van der Waals surface area (Å²) in [6.07, 6.45) is 4.31. The van der Waals surface area contributed by atoms with E-state index in [9.17, 15) is 8.42 Å². The SMILES string of the molecule is Cc1ccc(S(=O)(=O)OCCCCc2cccc(-c3ccn4c(n3)nc3ccccc34)c2)cc1. The topological polar surface area (TPSA) is 73.6 Å². The quantitative estimate of drug-likeness (QED) is 0.218. The molecule has 0 saturated heterocycles. The van der Waals surface area contributed by atoms with Crippen molar-refractivity contribution in [2.75, 3.05) is 6.61 Å². The maximum absolute atomic E-state index is 12.3. The Morgan fingerprint density at radius 3 is 2.56 bits per heavy atom. The summed E-state index contributed by atoms with van der Waals surface area (Å²) in [4.78, 5) is 9.58. The van der Waals surface area contributed by atoms with Crippen molar-refractivity contribution in [3.05, 3.63) is 96.2 Å². The van der Waals surface area contributed by atoms with Crippen LogP contribution >= 0.6 is 0 Å². The molecule has 0 bridgehead atoms. The van der Waals surface area contributed by atoms with Crippen LogP contribution < -0.4 is 0 Å². The van der Waals surface area contributed by atoms with Crippen molar-refractivity contribution in [3.8, 4) is 11.3 Å². The lowest BCUT2D eigenvalue weighted by molar-refractivity contribution is 0.308. The van der Waals surface area contributed by atoms with Gasteiger partial charge in [-0.05, 0) is 68.1 Å². The molecule has 0 N–H and O–H groups in total. The van der Waals surface area contributed by atoms with Gasteiger partial charge in [-0.3, -0.25) is 8.58 Å². The summed E-state index contributed by atoms with van der Waals surface area (Å²) in [5.74, 6) is 0.677. The van der Waals surface area contributed by atoms with Crippen molar-refractivity contribution in [2.45, 2.75) is 31.1 Å². The van der Waals surface area contributed by atoms with Crippen molar-refractivity contribution >= 4 is 26.9 Å². The molecule has 5 aromatic rings. The smallest absolute Gasteiger partial charge is 0.284 e. The summed E-state index contributed by atoms with van der Waals surface area (Å²) < 4.78 is 31.8. The van der Waals surface area contributed by atoms with Crippen LogP contribution in [-0.4, -0.2) is 29.4 Å². The first kappa shape index (κ1) is 22.3. The maximum atomic E-state index is 12.3. The van der Waals surface area contributed by atoms with Crippen LogP contribution in [0.25, 0.3) is 28.1 Å². The minimum atomic E-state index is -3.71. The lowest BCUT2D eigenvalue weighted by atomic mass is 10.0. The van der Waals surface area contributed by atoms with Crippen LogP contribution in [-0.2, 0) is 20.7 Å². The van der Waals surface area contributed by atoms with Crippen LogP contribution in [0.2, 0.25) is 0 Å². The van der Waals surface area contributed by atoms with Crippen LogP contribution in [0.4, 0.5) is 0 Å². The van der Waals surface area contributed by atoms with Gasteiger partial charge in [0.2, 0.25) is 5.78 Å². The van der Waals surface area contributed by atoms with E-state index in [0.29, 0.717) is 12.2 Å². The maximum Gasteiger partial charge on any atom is 0.296 e. The van der Waals surface area contributed by atoms with E-state index in [1.807, 2.05) is 60.0 Å². The van der Waals surface area contributed by atoms with Crippen molar-refractivity contribution < 1.29 is 12.6 Å². The van der Waals surface area contributed by atoms with Crippen molar-refractivity contribution in [1.29, 1.82) is 0 Å². The number of fused-ring (bicyclic) bond motifs is 3. The average molecular weight is 472 g/mol. The number of para-hydroxylation sites is 2.